The second-order valence-corrected chi connectivity index (χ2v) is 6.92. The lowest BCUT2D eigenvalue weighted by Gasteiger charge is -2.46. The zero-order chi connectivity index (χ0) is 14.9. The Morgan fingerprint density at radius 2 is 1.85 bits per heavy atom. The molecule has 0 aromatic carbocycles. The fraction of sp³-hybridized carbons (Fsp3) is 0.867. The van der Waals surface area contributed by atoms with E-state index in [4.69, 9.17) is 5.73 Å². The van der Waals surface area contributed by atoms with Crippen molar-refractivity contribution in [1.82, 2.24) is 4.90 Å². The lowest BCUT2D eigenvalue weighted by atomic mass is 9.75. The SMILES string of the molecule is CC1(C)CCCN(C(=O)C2CCCCC2N)C1C(=O)O. The van der Waals surface area contributed by atoms with Crippen molar-refractivity contribution in [2.45, 2.75) is 64.5 Å². The van der Waals surface area contributed by atoms with Gasteiger partial charge in [0.05, 0.1) is 5.92 Å². The van der Waals surface area contributed by atoms with Gasteiger partial charge in [0.1, 0.15) is 6.04 Å². The summed E-state index contributed by atoms with van der Waals surface area (Å²) in [5, 5.41) is 9.53. The first-order chi connectivity index (χ1) is 9.34. The van der Waals surface area contributed by atoms with E-state index in [1.54, 1.807) is 4.90 Å². The first kappa shape index (κ1) is 15.3. The van der Waals surface area contributed by atoms with Crippen molar-refractivity contribution >= 4 is 11.9 Å². The van der Waals surface area contributed by atoms with E-state index >= 15 is 0 Å². The average Bonchev–Trinajstić information content (AvgIpc) is 2.36. The van der Waals surface area contributed by atoms with Gasteiger partial charge in [-0.15, -0.1) is 0 Å². The largest absolute Gasteiger partial charge is 0.480 e. The summed E-state index contributed by atoms with van der Waals surface area (Å²) in [6.45, 7) is 4.42. The summed E-state index contributed by atoms with van der Waals surface area (Å²) in [4.78, 5) is 26.0. The Balaban J connectivity index is 2.20. The molecule has 2 aliphatic rings. The van der Waals surface area contributed by atoms with E-state index in [0.717, 1.165) is 38.5 Å². The van der Waals surface area contributed by atoms with E-state index in [-0.39, 0.29) is 23.3 Å². The van der Waals surface area contributed by atoms with Crippen LogP contribution in [0.15, 0.2) is 0 Å². The summed E-state index contributed by atoms with van der Waals surface area (Å²) < 4.78 is 0. The van der Waals surface area contributed by atoms with Crippen LogP contribution in [0.5, 0.6) is 0 Å². The van der Waals surface area contributed by atoms with Gasteiger partial charge in [-0.2, -0.15) is 0 Å². The van der Waals surface area contributed by atoms with Crippen LogP contribution in [-0.4, -0.2) is 40.5 Å². The third-order valence-electron chi connectivity index (χ3n) is 4.93. The molecule has 5 heteroatoms. The van der Waals surface area contributed by atoms with Gasteiger partial charge in [-0.1, -0.05) is 26.7 Å². The van der Waals surface area contributed by atoms with Crippen LogP contribution in [0.2, 0.25) is 0 Å². The van der Waals surface area contributed by atoms with Crippen molar-refractivity contribution in [3.63, 3.8) is 0 Å². The lowest BCUT2D eigenvalue weighted by Crippen LogP contribution is -2.59. The normalized spacial score (nSPS) is 33.8. The number of likely N-dealkylation sites (tertiary alicyclic amines) is 1. The summed E-state index contributed by atoms with van der Waals surface area (Å²) in [5.74, 6) is -1.13. The third kappa shape index (κ3) is 2.82. The number of hydrogen-bond acceptors (Lipinski definition) is 3. The zero-order valence-electron chi connectivity index (χ0n) is 12.5. The second kappa shape index (κ2) is 5.72. The molecule has 1 amide bonds. The highest BCUT2D eigenvalue weighted by Crippen LogP contribution is 2.37. The van der Waals surface area contributed by atoms with Gasteiger partial charge in [-0.25, -0.2) is 4.79 Å². The summed E-state index contributed by atoms with van der Waals surface area (Å²) in [5.41, 5.74) is 5.70. The van der Waals surface area contributed by atoms with Crippen LogP contribution in [0, 0.1) is 11.3 Å². The number of nitrogens with zero attached hydrogens (tertiary/aromatic N) is 1. The van der Waals surface area contributed by atoms with E-state index in [9.17, 15) is 14.7 Å². The van der Waals surface area contributed by atoms with Crippen LogP contribution in [0.3, 0.4) is 0 Å². The fourth-order valence-electron chi connectivity index (χ4n) is 3.78. The molecule has 0 spiro atoms. The van der Waals surface area contributed by atoms with E-state index in [0.29, 0.717) is 6.54 Å². The van der Waals surface area contributed by atoms with Crippen molar-refractivity contribution in [3.8, 4) is 0 Å². The number of aliphatic carboxylic acids is 1. The summed E-state index contributed by atoms with van der Waals surface area (Å²) in [6.07, 6.45) is 5.45. The van der Waals surface area contributed by atoms with Crippen LogP contribution in [0.25, 0.3) is 0 Å². The number of amides is 1. The molecular formula is C15H26N2O3. The van der Waals surface area contributed by atoms with Gasteiger partial charge in [0.25, 0.3) is 0 Å². The molecule has 1 aliphatic carbocycles. The highest BCUT2D eigenvalue weighted by molar-refractivity contribution is 5.86. The molecule has 0 radical (unpaired) electrons. The molecular weight excluding hydrogens is 256 g/mol. The van der Waals surface area contributed by atoms with E-state index < -0.39 is 12.0 Å². The molecule has 1 saturated carbocycles. The van der Waals surface area contributed by atoms with Gasteiger partial charge in [-0.3, -0.25) is 4.79 Å². The highest BCUT2D eigenvalue weighted by atomic mass is 16.4. The van der Waals surface area contributed by atoms with Gasteiger partial charge in [0, 0.05) is 12.6 Å². The Morgan fingerprint density at radius 3 is 2.45 bits per heavy atom. The lowest BCUT2D eigenvalue weighted by molar-refractivity contribution is -0.161. The molecule has 5 nitrogen and oxygen atoms in total. The topological polar surface area (TPSA) is 83.6 Å². The minimum atomic E-state index is -0.896. The number of nitrogens with two attached hydrogens (primary N) is 1. The van der Waals surface area contributed by atoms with Gasteiger partial charge in [0.15, 0.2) is 0 Å². The molecule has 0 bridgehead atoms. The number of carboxylic acid groups (broad SMARTS) is 1. The van der Waals surface area contributed by atoms with E-state index in [1.165, 1.54) is 0 Å². The van der Waals surface area contributed by atoms with Crippen molar-refractivity contribution in [3.05, 3.63) is 0 Å². The zero-order valence-corrected chi connectivity index (χ0v) is 12.5. The molecule has 1 aliphatic heterocycles. The second-order valence-electron chi connectivity index (χ2n) is 6.92. The molecule has 0 aromatic heterocycles. The number of carbonyl (C=O) groups excluding carboxylic acids is 1. The Morgan fingerprint density at radius 1 is 1.20 bits per heavy atom. The van der Waals surface area contributed by atoms with Crippen molar-refractivity contribution in [2.24, 2.45) is 17.1 Å². The fourth-order valence-corrected chi connectivity index (χ4v) is 3.78. The Labute approximate surface area is 120 Å². The van der Waals surface area contributed by atoms with Crippen molar-refractivity contribution in [2.75, 3.05) is 6.54 Å². The quantitative estimate of drug-likeness (QED) is 0.806. The number of piperidine rings is 1. The Kier molecular flexibility index (Phi) is 4.37. The Hall–Kier alpha value is -1.10. The molecule has 3 unspecified atom stereocenters. The predicted octanol–water partition coefficient (Wildman–Crippen LogP) is 1.61. The molecule has 0 aromatic rings. The predicted molar refractivity (Wildman–Crippen MR) is 76.1 cm³/mol. The molecule has 2 fully saturated rings. The summed E-state index contributed by atoms with van der Waals surface area (Å²) in [6, 6.07) is -0.839. The standard InChI is InChI=1S/C15H26N2O3/c1-15(2)8-5-9-17(12(15)14(19)20)13(18)10-6-3-4-7-11(10)16/h10-12H,3-9,16H2,1-2H3,(H,19,20). The Bertz CT molecular complexity index is 395. The highest BCUT2D eigenvalue weighted by Gasteiger charge is 2.46. The van der Waals surface area contributed by atoms with Gasteiger partial charge < -0.3 is 15.7 Å². The summed E-state index contributed by atoms with van der Waals surface area (Å²) in [7, 11) is 0. The maximum Gasteiger partial charge on any atom is 0.326 e. The minimum Gasteiger partial charge on any atom is -0.480 e. The molecule has 2 rings (SSSR count). The van der Waals surface area contributed by atoms with Crippen molar-refractivity contribution < 1.29 is 14.7 Å². The van der Waals surface area contributed by atoms with Crippen LogP contribution in [-0.2, 0) is 9.59 Å². The molecule has 20 heavy (non-hydrogen) atoms. The minimum absolute atomic E-state index is 0.0441. The molecule has 3 atom stereocenters. The van der Waals surface area contributed by atoms with E-state index in [1.807, 2.05) is 13.8 Å². The number of hydrogen-bond donors (Lipinski definition) is 2. The monoisotopic (exact) mass is 282 g/mol. The smallest absolute Gasteiger partial charge is 0.326 e. The first-order valence-corrected chi connectivity index (χ1v) is 7.63. The van der Waals surface area contributed by atoms with Gasteiger partial charge >= 0.3 is 5.97 Å². The van der Waals surface area contributed by atoms with Gasteiger partial charge in [-0.05, 0) is 31.1 Å². The van der Waals surface area contributed by atoms with Crippen molar-refractivity contribution in [1.29, 1.82) is 0 Å². The number of rotatable bonds is 2. The molecule has 1 heterocycles. The third-order valence-corrected chi connectivity index (χ3v) is 4.93. The van der Waals surface area contributed by atoms with Crippen LogP contribution >= 0.6 is 0 Å². The van der Waals surface area contributed by atoms with Gasteiger partial charge in [0.2, 0.25) is 5.91 Å². The summed E-state index contributed by atoms with van der Waals surface area (Å²) >= 11 is 0. The first-order valence-electron chi connectivity index (χ1n) is 7.63. The number of carbonyl (C=O) groups is 2. The van der Waals surface area contributed by atoms with Crippen LogP contribution < -0.4 is 5.73 Å². The average molecular weight is 282 g/mol. The molecule has 1 saturated heterocycles. The maximum absolute atomic E-state index is 12.7. The van der Waals surface area contributed by atoms with Crippen LogP contribution in [0.1, 0.15) is 52.4 Å². The maximum atomic E-state index is 12.7. The van der Waals surface area contributed by atoms with Crippen LogP contribution in [0.4, 0.5) is 0 Å². The number of carboxylic acids is 1. The molecule has 3 N–H and O–H groups in total. The molecule has 114 valence electrons. The van der Waals surface area contributed by atoms with E-state index in [2.05, 4.69) is 0 Å².